The van der Waals surface area contributed by atoms with Gasteiger partial charge in [0.25, 0.3) is 0 Å². The standard InChI is InChI=1S/C14H20F2N2/c1-14(2,17)9-10-7-11(15)12(16)8-13(10)18-5-3-4-6-18/h7-8H,3-6,9,17H2,1-2H3. The predicted molar refractivity (Wildman–Crippen MR) is 69.8 cm³/mol. The van der Waals surface area contributed by atoms with E-state index in [1.54, 1.807) is 0 Å². The van der Waals surface area contributed by atoms with Gasteiger partial charge in [-0.15, -0.1) is 0 Å². The average Bonchev–Trinajstić information content (AvgIpc) is 2.74. The predicted octanol–water partition coefficient (Wildman–Crippen LogP) is 2.84. The fourth-order valence-corrected chi connectivity index (χ4v) is 2.46. The molecule has 1 fully saturated rings. The van der Waals surface area contributed by atoms with Crippen LogP contribution in [0.5, 0.6) is 0 Å². The average molecular weight is 254 g/mol. The van der Waals surface area contributed by atoms with Gasteiger partial charge in [0.2, 0.25) is 0 Å². The van der Waals surface area contributed by atoms with Gasteiger partial charge in [-0.2, -0.15) is 0 Å². The van der Waals surface area contributed by atoms with Crippen molar-refractivity contribution in [2.45, 2.75) is 38.6 Å². The van der Waals surface area contributed by atoms with E-state index in [1.807, 2.05) is 13.8 Å². The van der Waals surface area contributed by atoms with E-state index in [0.717, 1.165) is 37.2 Å². The fraction of sp³-hybridized carbons (Fsp3) is 0.571. The molecule has 2 N–H and O–H groups in total. The summed E-state index contributed by atoms with van der Waals surface area (Å²) in [4.78, 5) is 2.11. The monoisotopic (exact) mass is 254 g/mol. The third-order valence-corrected chi connectivity index (χ3v) is 3.21. The van der Waals surface area contributed by atoms with Gasteiger partial charge in [0.1, 0.15) is 0 Å². The molecule has 0 amide bonds. The van der Waals surface area contributed by atoms with Crippen LogP contribution in [0.25, 0.3) is 0 Å². The minimum Gasteiger partial charge on any atom is -0.371 e. The van der Waals surface area contributed by atoms with Gasteiger partial charge in [0.15, 0.2) is 11.6 Å². The lowest BCUT2D eigenvalue weighted by molar-refractivity contribution is 0.494. The number of benzene rings is 1. The van der Waals surface area contributed by atoms with Crippen LogP contribution >= 0.6 is 0 Å². The van der Waals surface area contributed by atoms with E-state index in [2.05, 4.69) is 4.90 Å². The summed E-state index contributed by atoms with van der Waals surface area (Å²) in [7, 11) is 0. The molecule has 0 aromatic heterocycles. The highest BCUT2D eigenvalue weighted by molar-refractivity contribution is 5.55. The molecule has 0 aliphatic carbocycles. The van der Waals surface area contributed by atoms with E-state index in [0.29, 0.717) is 6.42 Å². The molecule has 18 heavy (non-hydrogen) atoms. The van der Waals surface area contributed by atoms with Gasteiger partial charge < -0.3 is 10.6 Å². The number of halogens is 2. The zero-order valence-corrected chi connectivity index (χ0v) is 11.0. The van der Waals surface area contributed by atoms with Crippen LogP contribution in [-0.2, 0) is 6.42 Å². The molecule has 2 nitrogen and oxygen atoms in total. The summed E-state index contributed by atoms with van der Waals surface area (Å²) in [6, 6.07) is 2.60. The first-order valence-corrected chi connectivity index (χ1v) is 6.38. The normalized spacial score (nSPS) is 16.4. The molecule has 0 unspecified atom stereocenters. The summed E-state index contributed by atoms with van der Waals surface area (Å²) in [5.41, 5.74) is 7.15. The highest BCUT2D eigenvalue weighted by Crippen LogP contribution is 2.29. The summed E-state index contributed by atoms with van der Waals surface area (Å²) in [5.74, 6) is -1.58. The van der Waals surface area contributed by atoms with Crippen molar-refractivity contribution in [2.24, 2.45) is 5.73 Å². The number of rotatable bonds is 3. The van der Waals surface area contributed by atoms with Crippen LogP contribution in [0, 0.1) is 11.6 Å². The quantitative estimate of drug-likeness (QED) is 0.898. The largest absolute Gasteiger partial charge is 0.371 e. The minimum absolute atomic E-state index is 0.432. The van der Waals surface area contributed by atoms with Gasteiger partial charge in [-0.3, -0.25) is 0 Å². The molecule has 2 rings (SSSR count). The van der Waals surface area contributed by atoms with Gasteiger partial charge in [-0.05, 0) is 44.7 Å². The third kappa shape index (κ3) is 2.99. The Bertz CT molecular complexity index is 432. The lowest BCUT2D eigenvalue weighted by Gasteiger charge is -2.26. The molecule has 4 heteroatoms. The second-order valence-electron chi connectivity index (χ2n) is 5.75. The summed E-state index contributed by atoms with van der Waals surface area (Å²) in [5, 5.41) is 0. The maximum atomic E-state index is 13.4. The zero-order valence-electron chi connectivity index (χ0n) is 11.0. The Hall–Kier alpha value is -1.16. The summed E-state index contributed by atoms with van der Waals surface area (Å²) < 4.78 is 26.8. The van der Waals surface area contributed by atoms with Crippen molar-refractivity contribution < 1.29 is 8.78 Å². The molecule has 1 aromatic carbocycles. The Labute approximate surface area is 107 Å². The molecule has 1 aromatic rings. The van der Waals surface area contributed by atoms with Gasteiger partial charge >= 0.3 is 0 Å². The Kier molecular flexibility index (Phi) is 3.57. The van der Waals surface area contributed by atoms with Gasteiger partial charge in [-0.1, -0.05) is 0 Å². The van der Waals surface area contributed by atoms with Crippen molar-refractivity contribution in [3.05, 3.63) is 29.3 Å². The second kappa shape index (κ2) is 4.84. The molecular weight excluding hydrogens is 234 g/mol. The first kappa shape index (κ1) is 13.3. The van der Waals surface area contributed by atoms with Crippen LogP contribution in [0.2, 0.25) is 0 Å². The van der Waals surface area contributed by atoms with Gasteiger partial charge in [0, 0.05) is 30.4 Å². The highest BCUT2D eigenvalue weighted by Gasteiger charge is 2.22. The molecule has 1 saturated heterocycles. The first-order chi connectivity index (χ1) is 8.37. The third-order valence-electron chi connectivity index (χ3n) is 3.21. The molecule has 0 radical (unpaired) electrons. The van der Waals surface area contributed by atoms with E-state index < -0.39 is 17.2 Å². The van der Waals surface area contributed by atoms with Crippen LogP contribution in [0.4, 0.5) is 14.5 Å². The van der Waals surface area contributed by atoms with Crippen molar-refractivity contribution in [1.29, 1.82) is 0 Å². The Morgan fingerprint density at radius 2 is 1.72 bits per heavy atom. The first-order valence-electron chi connectivity index (χ1n) is 6.38. The number of nitrogens with two attached hydrogens (primary N) is 1. The maximum Gasteiger partial charge on any atom is 0.160 e. The second-order valence-corrected chi connectivity index (χ2v) is 5.75. The van der Waals surface area contributed by atoms with E-state index in [4.69, 9.17) is 5.73 Å². The molecule has 1 heterocycles. The van der Waals surface area contributed by atoms with Crippen molar-refractivity contribution in [3.63, 3.8) is 0 Å². The van der Waals surface area contributed by atoms with Crippen LogP contribution in [0.3, 0.4) is 0 Å². The highest BCUT2D eigenvalue weighted by atomic mass is 19.2. The van der Waals surface area contributed by atoms with E-state index >= 15 is 0 Å². The van der Waals surface area contributed by atoms with Crippen molar-refractivity contribution >= 4 is 5.69 Å². The van der Waals surface area contributed by atoms with E-state index in [1.165, 1.54) is 12.1 Å². The number of nitrogens with zero attached hydrogens (tertiary/aromatic N) is 1. The lowest BCUT2D eigenvalue weighted by atomic mass is 9.94. The Balaban J connectivity index is 2.38. The maximum absolute atomic E-state index is 13.4. The summed E-state index contributed by atoms with van der Waals surface area (Å²) >= 11 is 0. The lowest BCUT2D eigenvalue weighted by Crippen LogP contribution is -2.35. The van der Waals surface area contributed by atoms with Gasteiger partial charge in [-0.25, -0.2) is 8.78 Å². The molecule has 0 saturated carbocycles. The van der Waals surface area contributed by atoms with Crippen molar-refractivity contribution in [2.75, 3.05) is 18.0 Å². The Morgan fingerprint density at radius 3 is 2.28 bits per heavy atom. The topological polar surface area (TPSA) is 29.3 Å². The smallest absolute Gasteiger partial charge is 0.160 e. The summed E-state index contributed by atoms with van der Waals surface area (Å²) in [6.45, 7) is 5.59. The number of anilines is 1. The van der Waals surface area contributed by atoms with Gasteiger partial charge in [0.05, 0.1) is 0 Å². The summed E-state index contributed by atoms with van der Waals surface area (Å²) in [6.07, 6.45) is 2.74. The van der Waals surface area contributed by atoms with Crippen LogP contribution in [-0.4, -0.2) is 18.6 Å². The fourth-order valence-electron chi connectivity index (χ4n) is 2.46. The SMILES string of the molecule is CC(C)(N)Cc1cc(F)c(F)cc1N1CCCC1. The van der Waals surface area contributed by atoms with Crippen LogP contribution < -0.4 is 10.6 Å². The molecule has 0 atom stereocenters. The molecule has 1 aliphatic rings. The zero-order chi connectivity index (χ0) is 13.3. The molecule has 0 spiro atoms. The molecular formula is C14H20F2N2. The van der Waals surface area contributed by atoms with E-state index in [-0.39, 0.29) is 0 Å². The van der Waals surface area contributed by atoms with E-state index in [9.17, 15) is 8.78 Å². The van der Waals surface area contributed by atoms with Crippen LogP contribution in [0.1, 0.15) is 32.3 Å². The van der Waals surface area contributed by atoms with Crippen LogP contribution in [0.15, 0.2) is 12.1 Å². The number of hydrogen-bond donors (Lipinski definition) is 1. The minimum atomic E-state index is -0.794. The molecule has 100 valence electrons. The van der Waals surface area contributed by atoms with Crippen molar-refractivity contribution in [3.8, 4) is 0 Å². The Morgan fingerprint density at radius 1 is 1.17 bits per heavy atom. The molecule has 1 aliphatic heterocycles. The number of hydrogen-bond acceptors (Lipinski definition) is 2. The van der Waals surface area contributed by atoms with Crippen molar-refractivity contribution in [1.82, 2.24) is 0 Å². The molecule has 0 bridgehead atoms.